The summed E-state index contributed by atoms with van der Waals surface area (Å²) in [6.07, 6.45) is 0.645. The molecule has 8 heteroatoms. The first-order chi connectivity index (χ1) is 14.5. The standard InChI is InChI=1S/C22H24N4O3S/c1-4-18(15-8-6-5-7-9-15)20(28)23-14(2)19(27)24-22-26-25-21(30-22)16-10-12-17(29-3)13-11-16/h5-14,18H,4H2,1-3H3,(H,23,28)(H,24,26,27)/t14-,18-/m1/s1. The van der Waals surface area contributed by atoms with Crippen LogP contribution in [-0.2, 0) is 9.59 Å². The predicted octanol–water partition coefficient (Wildman–Crippen LogP) is 3.85. The molecule has 0 unspecified atom stereocenters. The third-order valence-corrected chi connectivity index (χ3v) is 5.56. The fourth-order valence-corrected chi connectivity index (χ4v) is 3.73. The lowest BCUT2D eigenvalue weighted by atomic mass is 9.95. The van der Waals surface area contributed by atoms with Gasteiger partial charge in [0.25, 0.3) is 0 Å². The number of methoxy groups -OCH3 is 1. The van der Waals surface area contributed by atoms with E-state index in [1.165, 1.54) is 11.3 Å². The van der Waals surface area contributed by atoms with Gasteiger partial charge in [-0.3, -0.25) is 14.9 Å². The first kappa shape index (κ1) is 21.4. The van der Waals surface area contributed by atoms with Gasteiger partial charge in [-0.25, -0.2) is 0 Å². The van der Waals surface area contributed by atoms with Gasteiger partial charge >= 0.3 is 0 Å². The highest BCUT2D eigenvalue weighted by Gasteiger charge is 2.23. The van der Waals surface area contributed by atoms with E-state index in [0.717, 1.165) is 16.9 Å². The van der Waals surface area contributed by atoms with Crippen LogP contribution in [0, 0.1) is 0 Å². The fraction of sp³-hybridized carbons (Fsp3) is 0.273. The maximum absolute atomic E-state index is 12.7. The number of amides is 2. The molecule has 0 bridgehead atoms. The van der Waals surface area contributed by atoms with Crippen molar-refractivity contribution in [3.63, 3.8) is 0 Å². The van der Waals surface area contributed by atoms with E-state index in [1.54, 1.807) is 14.0 Å². The molecule has 0 fully saturated rings. The van der Waals surface area contributed by atoms with Crippen LogP contribution in [0.1, 0.15) is 31.7 Å². The van der Waals surface area contributed by atoms with Crippen LogP contribution in [-0.4, -0.2) is 35.2 Å². The molecule has 3 aromatic rings. The predicted molar refractivity (Wildman–Crippen MR) is 118 cm³/mol. The molecule has 1 heterocycles. The van der Waals surface area contributed by atoms with Crippen molar-refractivity contribution in [3.05, 3.63) is 60.2 Å². The lowest BCUT2D eigenvalue weighted by Gasteiger charge is -2.19. The first-order valence-corrected chi connectivity index (χ1v) is 10.5. The summed E-state index contributed by atoms with van der Waals surface area (Å²) >= 11 is 1.26. The minimum atomic E-state index is -0.705. The molecule has 0 aliphatic heterocycles. The number of hydrogen-bond acceptors (Lipinski definition) is 6. The van der Waals surface area contributed by atoms with Crippen molar-refractivity contribution in [1.29, 1.82) is 0 Å². The molecule has 0 saturated heterocycles. The molecule has 1 aromatic heterocycles. The highest BCUT2D eigenvalue weighted by Crippen LogP contribution is 2.28. The molecule has 0 radical (unpaired) electrons. The maximum atomic E-state index is 12.7. The van der Waals surface area contributed by atoms with E-state index in [9.17, 15) is 9.59 Å². The Morgan fingerprint density at radius 3 is 2.37 bits per heavy atom. The normalized spacial score (nSPS) is 12.6. The van der Waals surface area contributed by atoms with E-state index >= 15 is 0 Å². The highest BCUT2D eigenvalue weighted by molar-refractivity contribution is 7.18. The number of nitrogens with zero attached hydrogens (tertiary/aromatic N) is 2. The lowest BCUT2D eigenvalue weighted by molar-refractivity contribution is -0.127. The van der Waals surface area contributed by atoms with Gasteiger partial charge in [-0.2, -0.15) is 0 Å². The van der Waals surface area contributed by atoms with Gasteiger partial charge in [0.1, 0.15) is 16.8 Å². The van der Waals surface area contributed by atoms with Crippen LogP contribution in [0.15, 0.2) is 54.6 Å². The van der Waals surface area contributed by atoms with Crippen LogP contribution in [0.4, 0.5) is 5.13 Å². The second-order valence-electron chi connectivity index (χ2n) is 6.73. The molecule has 0 spiro atoms. The third-order valence-electron chi connectivity index (χ3n) is 4.67. The van der Waals surface area contributed by atoms with Crippen LogP contribution < -0.4 is 15.4 Å². The van der Waals surface area contributed by atoms with Crippen molar-refractivity contribution in [2.75, 3.05) is 12.4 Å². The molecule has 30 heavy (non-hydrogen) atoms. The van der Waals surface area contributed by atoms with Crippen molar-refractivity contribution < 1.29 is 14.3 Å². The molecule has 0 aliphatic rings. The molecule has 2 atom stereocenters. The number of hydrogen-bond donors (Lipinski definition) is 2. The van der Waals surface area contributed by atoms with Crippen molar-refractivity contribution >= 4 is 28.3 Å². The number of carbonyl (C=O) groups is 2. The molecule has 2 amide bonds. The molecular weight excluding hydrogens is 400 g/mol. The second kappa shape index (κ2) is 9.98. The summed E-state index contributed by atoms with van der Waals surface area (Å²) in [4.78, 5) is 25.2. The van der Waals surface area contributed by atoms with Crippen LogP contribution >= 0.6 is 11.3 Å². The summed E-state index contributed by atoms with van der Waals surface area (Å²) in [5.74, 6) is -0.0712. The average molecular weight is 425 g/mol. The van der Waals surface area contributed by atoms with E-state index in [0.29, 0.717) is 16.6 Å². The van der Waals surface area contributed by atoms with Crippen molar-refractivity contribution in [2.24, 2.45) is 0 Å². The largest absolute Gasteiger partial charge is 0.497 e. The summed E-state index contributed by atoms with van der Waals surface area (Å²) in [6, 6.07) is 16.3. The second-order valence-corrected chi connectivity index (χ2v) is 7.71. The number of carbonyl (C=O) groups excluding carboxylic acids is 2. The van der Waals surface area contributed by atoms with Crippen molar-refractivity contribution in [2.45, 2.75) is 32.2 Å². The Bertz CT molecular complexity index is 989. The molecule has 3 rings (SSSR count). The smallest absolute Gasteiger partial charge is 0.248 e. The monoisotopic (exact) mass is 424 g/mol. The Balaban J connectivity index is 1.60. The van der Waals surface area contributed by atoms with Crippen molar-refractivity contribution in [3.8, 4) is 16.3 Å². The average Bonchev–Trinajstić information content (AvgIpc) is 3.23. The van der Waals surface area contributed by atoms with E-state index in [-0.39, 0.29) is 17.7 Å². The fourth-order valence-electron chi connectivity index (χ4n) is 2.97. The Labute approximate surface area is 179 Å². The first-order valence-electron chi connectivity index (χ1n) is 9.66. The van der Waals surface area contributed by atoms with Crippen LogP contribution in [0.25, 0.3) is 10.6 Å². The lowest BCUT2D eigenvalue weighted by Crippen LogP contribution is -2.43. The van der Waals surface area contributed by atoms with Gasteiger partial charge in [-0.05, 0) is 43.2 Å². The van der Waals surface area contributed by atoms with Crippen LogP contribution in [0.5, 0.6) is 5.75 Å². The maximum Gasteiger partial charge on any atom is 0.248 e. The van der Waals surface area contributed by atoms with Gasteiger partial charge in [-0.15, -0.1) is 10.2 Å². The number of nitrogens with one attached hydrogen (secondary N) is 2. The SMILES string of the molecule is CC[C@@H](C(=O)N[C@H](C)C(=O)Nc1nnc(-c2ccc(OC)cc2)s1)c1ccccc1. The Morgan fingerprint density at radius 2 is 1.73 bits per heavy atom. The number of benzene rings is 2. The molecule has 156 valence electrons. The van der Waals surface area contributed by atoms with E-state index in [4.69, 9.17) is 4.74 Å². The van der Waals surface area contributed by atoms with Gasteiger partial charge in [0.15, 0.2) is 0 Å². The minimum Gasteiger partial charge on any atom is -0.497 e. The summed E-state index contributed by atoms with van der Waals surface area (Å²) in [5.41, 5.74) is 1.81. The Kier molecular flexibility index (Phi) is 7.13. The molecule has 0 aliphatic carbocycles. The Hall–Kier alpha value is -3.26. The highest BCUT2D eigenvalue weighted by atomic mass is 32.1. The zero-order valence-corrected chi connectivity index (χ0v) is 17.9. The molecule has 7 nitrogen and oxygen atoms in total. The van der Waals surface area contributed by atoms with Gasteiger partial charge in [0, 0.05) is 5.56 Å². The van der Waals surface area contributed by atoms with Gasteiger partial charge in [-0.1, -0.05) is 48.6 Å². The summed E-state index contributed by atoms with van der Waals surface area (Å²) in [6.45, 7) is 3.60. The zero-order valence-electron chi connectivity index (χ0n) is 17.1. The quantitative estimate of drug-likeness (QED) is 0.573. The zero-order chi connectivity index (χ0) is 21.5. The van der Waals surface area contributed by atoms with Crippen molar-refractivity contribution in [1.82, 2.24) is 15.5 Å². The molecule has 2 N–H and O–H groups in total. The number of ether oxygens (including phenoxy) is 1. The topological polar surface area (TPSA) is 93.2 Å². The van der Waals surface area contributed by atoms with Crippen LogP contribution in [0.3, 0.4) is 0 Å². The number of aromatic nitrogens is 2. The third kappa shape index (κ3) is 5.21. The number of anilines is 1. The molecule has 2 aromatic carbocycles. The van der Waals surface area contributed by atoms with Gasteiger partial charge < -0.3 is 10.1 Å². The minimum absolute atomic E-state index is 0.178. The van der Waals surface area contributed by atoms with E-state index in [1.807, 2.05) is 61.5 Å². The summed E-state index contributed by atoms with van der Waals surface area (Å²) in [7, 11) is 1.61. The van der Waals surface area contributed by atoms with E-state index < -0.39 is 6.04 Å². The molecular formula is C22H24N4O3S. The number of rotatable bonds is 8. The molecule has 0 saturated carbocycles. The van der Waals surface area contributed by atoms with Gasteiger partial charge in [0.05, 0.1) is 13.0 Å². The van der Waals surface area contributed by atoms with Crippen LogP contribution in [0.2, 0.25) is 0 Å². The van der Waals surface area contributed by atoms with E-state index in [2.05, 4.69) is 20.8 Å². The van der Waals surface area contributed by atoms with Gasteiger partial charge in [0.2, 0.25) is 16.9 Å². The summed E-state index contributed by atoms with van der Waals surface area (Å²) in [5, 5.41) is 14.7. The Morgan fingerprint density at radius 1 is 1.03 bits per heavy atom. The summed E-state index contributed by atoms with van der Waals surface area (Å²) < 4.78 is 5.15.